The molecule has 0 saturated carbocycles. The number of ether oxygens (including phenoxy) is 1. The van der Waals surface area contributed by atoms with E-state index in [9.17, 15) is 4.79 Å². The van der Waals surface area contributed by atoms with Gasteiger partial charge in [-0.15, -0.1) is 0 Å². The van der Waals surface area contributed by atoms with Gasteiger partial charge in [0.1, 0.15) is 0 Å². The first-order valence-electron chi connectivity index (χ1n) is 5.77. The summed E-state index contributed by atoms with van der Waals surface area (Å²) in [5.41, 5.74) is 1.46. The van der Waals surface area contributed by atoms with Gasteiger partial charge < -0.3 is 9.84 Å². The van der Waals surface area contributed by atoms with Crippen molar-refractivity contribution in [2.75, 3.05) is 13.2 Å². The van der Waals surface area contributed by atoms with Gasteiger partial charge in [-0.25, -0.2) is 4.79 Å². The molecule has 0 aliphatic carbocycles. The van der Waals surface area contributed by atoms with Crippen molar-refractivity contribution in [3.63, 3.8) is 0 Å². The van der Waals surface area contributed by atoms with Crippen molar-refractivity contribution in [1.82, 2.24) is 0 Å². The molecule has 1 aliphatic rings. The van der Waals surface area contributed by atoms with Gasteiger partial charge in [0.25, 0.3) is 0 Å². The van der Waals surface area contributed by atoms with Gasteiger partial charge >= 0.3 is 5.97 Å². The van der Waals surface area contributed by atoms with Crippen molar-refractivity contribution >= 4 is 17.7 Å². The van der Waals surface area contributed by atoms with E-state index in [1.165, 1.54) is 0 Å². The van der Waals surface area contributed by atoms with E-state index in [2.05, 4.69) is 0 Å². The molecule has 4 heteroatoms. The minimum Gasteiger partial charge on any atom is -0.478 e. The van der Waals surface area contributed by atoms with E-state index in [0.717, 1.165) is 37.4 Å². The molecule has 0 aromatic heterocycles. The van der Waals surface area contributed by atoms with Crippen LogP contribution in [0.1, 0.15) is 28.8 Å². The number of carboxylic acid groups (broad SMARTS) is 1. The van der Waals surface area contributed by atoms with Crippen LogP contribution in [0.5, 0.6) is 0 Å². The van der Waals surface area contributed by atoms with E-state index in [-0.39, 0.29) is 0 Å². The van der Waals surface area contributed by atoms with E-state index in [1.807, 2.05) is 23.9 Å². The molecule has 17 heavy (non-hydrogen) atoms. The van der Waals surface area contributed by atoms with Crippen LogP contribution < -0.4 is 0 Å². The molecule has 3 nitrogen and oxygen atoms in total. The van der Waals surface area contributed by atoms with Gasteiger partial charge in [-0.2, -0.15) is 11.8 Å². The molecule has 1 aromatic rings. The summed E-state index contributed by atoms with van der Waals surface area (Å²) in [5, 5.41) is 9.55. The Kier molecular flexibility index (Phi) is 4.45. The Hall–Kier alpha value is -1.00. The van der Waals surface area contributed by atoms with E-state index >= 15 is 0 Å². The number of hydrogen-bond donors (Lipinski definition) is 1. The highest BCUT2D eigenvalue weighted by Crippen LogP contribution is 2.25. The van der Waals surface area contributed by atoms with Gasteiger partial charge in [0.05, 0.1) is 5.56 Å². The molecule has 0 atom stereocenters. The number of aromatic carboxylic acids is 1. The number of carboxylic acids is 1. The zero-order valence-corrected chi connectivity index (χ0v) is 10.4. The fourth-order valence-electron chi connectivity index (χ4n) is 1.85. The minimum atomic E-state index is -0.858. The van der Waals surface area contributed by atoms with Crippen LogP contribution in [0.15, 0.2) is 24.3 Å². The summed E-state index contributed by atoms with van der Waals surface area (Å²) in [6.07, 6.45) is 2.20. The Morgan fingerprint density at radius 3 is 2.88 bits per heavy atom. The van der Waals surface area contributed by atoms with Crippen LogP contribution in [0.25, 0.3) is 0 Å². The maximum absolute atomic E-state index is 10.8. The highest BCUT2D eigenvalue weighted by atomic mass is 32.2. The van der Waals surface area contributed by atoms with Gasteiger partial charge in [0.15, 0.2) is 0 Å². The molecule has 1 aromatic carbocycles. The third-order valence-corrected chi connectivity index (χ3v) is 4.27. The van der Waals surface area contributed by atoms with Crippen molar-refractivity contribution in [2.45, 2.75) is 23.8 Å². The van der Waals surface area contributed by atoms with Crippen molar-refractivity contribution in [3.05, 3.63) is 35.4 Å². The fourth-order valence-corrected chi connectivity index (χ4v) is 2.98. The average molecular weight is 252 g/mol. The summed E-state index contributed by atoms with van der Waals surface area (Å²) in [6, 6.07) is 7.18. The predicted octanol–water partition coefficient (Wildman–Crippen LogP) is 2.80. The SMILES string of the molecule is O=C(O)c1cccc(CSC2CCOCC2)c1. The van der Waals surface area contributed by atoms with Crippen LogP contribution in [-0.4, -0.2) is 29.5 Å². The lowest BCUT2D eigenvalue weighted by molar-refractivity contribution is 0.0697. The summed E-state index contributed by atoms with van der Waals surface area (Å²) in [4.78, 5) is 10.8. The Morgan fingerprint density at radius 1 is 1.41 bits per heavy atom. The van der Waals surface area contributed by atoms with Crippen LogP contribution in [0.2, 0.25) is 0 Å². The lowest BCUT2D eigenvalue weighted by atomic mass is 10.1. The molecular weight excluding hydrogens is 236 g/mol. The van der Waals surface area contributed by atoms with E-state index < -0.39 is 5.97 Å². The Balaban J connectivity index is 1.89. The summed E-state index contributed by atoms with van der Waals surface area (Å²) in [6.45, 7) is 1.71. The molecule has 92 valence electrons. The average Bonchev–Trinajstić information content (AvgIpc) is 2.38. The quantitative estimate of drug-likeness (QED) is 0.895. The van der Waals surface area contributed by atoms with Gasteiger partial charge in [0, 0.05) is 24.2 Å². The number of rotatable bonds is 4. The molecule has 1 N–H and O–H groups in total. The zero-order chi connectivity index (χ0) is 12.1. The summed E-state index contributed by atoms with van der Waals surface area (Å²) >= 11 is 1.90. The molecule has 1 fully saturated rings. The molecule has 0 unspecified atom stereocenters. The molecule has 0 bridgehead atoms. The van der Waals surface area contributed by atoms with Crippen LogP contribution in [0.4, 0.5) is 0 Å². The van der Waals surface area contributed by atoms with Crippen LogP contribution in [0, 0.1) is 0 Å². The highest BCUT2D eigenvalue weighted by molar-refractivity contribution is 7.99. The molecule has 1 aliphatic heterocycles. The number of hydrogen-bond acceptors (Lipinski definition) is 3. The van der Waals surface area contributed by atoms with Crippen LogP contribution in [0.3, 0.4) is 0 Å². The van der Waals surface area contributed by atoms with Gasteiger partial charge in [-0.1, -0.05) is 12.1 Å². The Morgan fingerprint density at radius 2 is 2.18 bits per heavy atom. The number of carbonyl (C=O) groups is 1. The third kappa shape index (κ3) is 3.75. The lowest BCUT2D eigenvalue weighted by Gasteiger charge is -2.21. The van der Waals surface area contributed by atoms with Crippen LogP contribution >= 0.6 is 11.8 Å². The molecule has 0 radical (unpaired) electrons. The largest absolute Gasteiger partial charge is 0.478 e. The Labute approximate surface area is 105 Å². The topological polar surface area (TPSA) is 46.5 Å². The molecule has 1 saturated heterocycles. The maximum Gasteiger partial charge on any atom is 0.335 e. The zero-order valence-electron chi connectivity index (χ0n) is 9.59. The predicted molar refractivity (Wildman–Crippen MR) is 68.5 cm³/mol. The molecule has 0 spiro atoms. The first-order valence-corrected chi connectivity index (χ1v) is 6.82. The van der Waals surface area contributed by atoms with E-state index in [0.29, 0.717) is 10.8 Å². The fraction of sp³-hybridized carbons (Fsp3) is 0.462. The van der Waals surface area contributed by atoms with Crippen molar-refractivity contribution < 1.29 is 14.6 Å². The smallest absolute Gasteiger partial charge is 0.335 e. The first kappa shape index (κ1) is 12.5. The lowest BCUT2D eigenvalue weighted by Crippen LogP contribution is -2.17. The van der Waals surface area contributed by atoms with Crippen LogP contribution in [-0.2, 0) is 10.5 Å². The van der Waals surface area contributed by atoms with Crippen molar-refractivity contribution in [3.8, 4) is 0 Å². The molecular formula is C13H16O3S. The minimum absolute atomic E-state index is 0.370. The van der Waals surface area contributed by atoms with Crippen molar-refractivity contribution in [1.29, 1.82) is 0 Å². The van der Waals surface area contributed by atoms with Gasteiger partial charge in [0.2, 0.25) is 0 Å². The first-order chi connectivity index (χ1) is 8.25. The van der Waals surface area contributed by atoms with Gasteiger partial charge in [-0.05, 0) is 30.5 Å². The van der Waals surface area contributed by atoms with E-state index in [4.69, 9.17) is 9.84 Å². The molecule has 1 heterocycles. The normalized spacial score (nSPS) is 16.9. The molecule has 0 amide bonds. The highest BCUT2D eigenvalue weighted by Gasteiger charge is 2.14. The Bertz CT molecular complexity index is 386. The second-order valence-corrected chi connectivity index (χ2v) is 5.42. The summed E-state index contributed by atoms with van der Waals surface area (Å²) in [5.74, 6) is 0.0223. The number of thioether (sulfide) groups is 1. The van der Waals surface area contributed by atoms with Gasteiger partial charge in [-0.3, -0.25) is 0 Å². The van der Waals surface area contributed by atoms with Crippen molar-refractivity contribution in [2.24, 2.45) is 0 Å². The monoisotopic (exact) mass is 252 g/mol. The summed E-state index contributed by atoms with van der Waals surface area (Å²) in [7, 11) is 0. The second kappa shape index (κ2) is 6.07. The second-order valence-electron chi connectivity index (χ2n) is 4.13. The maximum atomic E-state index is 10.8. The standard InChI is InChI=1S/C13H16O3S/c14-13(15)11-3-1-2-10(8-11)9-17-12-4-6-16-7-5-12/h1-3,8,12H,4-7,9H2,(H,14,15). The third-order valence-electron chi connectivity index (χ3n) is 2.83. The number of benzene rings is 1. The summed E-state index contributed by atoms with van der Waals surface area (Å²) < 4.78 is 5.31. The van der Waals surface area contributed by atoms with E-state index in [1.54, 1.807) is 12.1 Å². The molecule has 2 rings (SSSR count).